The van der Waals surface area contributed by atoms with E-state index in [0.29, 0.717) is 18.6 Å². The summed E-state index contributed by atoms with van der Waals surface area (Å²) < 4.78 is 11.9. The first-order chi connectivity index (χ1) is 15.3. The second-order valence-electron chi connectivity index (χ2n) is 9.18. The van der Waals surface area contributed by atoms with Crippen molar-refractivity contribution < 1.29 is 9.47 Å². The fourth-order valence-corrected chi connectivity index (χ4v) is 5.40. The maximum Gasteiger partial charge on any atom is 0.146 e. The minimum atomic E-state index is 0.530. The van der Waals surface area contributed by atoms with Crippen LogP contribution in [0.15, 0.2) is 24.4 Å². The van der Waals surface area contributed by atoms with Gasteiger partial charge in [0.05, 0.1) is 24.5 Å². The number of hydrogen-bond donors (Lipinski definition) is 2. The predicted molar refractivity (Wildman–Crippen MR) is 122 cm³/mol. The monoisotopic (exact) mass is 421 g/mol. The summed E-state index contributed by atoms with van der Waals surface area (Å²) in [7, 11) is 0. The van der Waals surface area contributed by atoms with E-state index in [1.807, 2.05) is 6.20 Å². The number of fused-ring (bicyclic) bond motifs is 2. The molecule has 1 aromatic carbocycles. The lowest BCUT2D eigenvalue weighted by atomic mass is 9.88. The van der Waals surface area contributed by atoms with E-state index in [4.69, 9.17) is 9.47 Å². The van der Waals surface area contributed by atoms with Crippen LogP contribution in [0.25, 0.3) is 0 Å². The average molecular weight is 422 g/mol. The zero-order chi connectivity index (χ0) is 20.8. The van der Waals surface area contributed by atoms with Gasteiger partial charge in [-0.3, -0.25) is 4.90 Å². The van der Waals surface area contributed by atoms with Gasteiger partial charge < -0.3 is 25.0 Å². The Morgan fingerprint density at radius 3 is 2.84 bits per heavy atom. The maximum absolute atomic E-state index is 6.35. The molecule has 5 heterocycles. The van der Waals surface area contributed by atoms with Crippen molar-refractivity contribution in [2.45, 2.75) is 31.9 Å². The topological polar surface area (TPSA) is 61.9 Å². The van der Waals surface area contributed by atoms with Crippen molar-refractivity contribution >= 4 is 17.2 Å². The number of pyridine rings is 1. The number of ether oxygens (including phenoxy) is 2. The molecule has 3 fully saturated rings. The molecule has 4 aliphatic heterocycles. The Morgan fingerprint density at radius 2 is 2.03 bits per heavy atom. The van der Waals surface area contributed by atoms with Gasteiger partial charge in [0.2, 0.25) is 0 Å². The van der Waals surface area contributed by atoms with E-state index >= 15 is 0 Å². The molecule has 3 saturated heterocycles. The van der Waals surface area contributed by atoms with Crippen LogP contribution in [0.2, 0.25) is 0 Å². The highest BCUT2D eigenvalue weighted by Crippen LogP contribution is 2.42. The summed E-state index contributed by atoms with van der Waals surface area (Å²) >= 11 is 0. The molecule has 0 unspecified atom stereocenters. The van der Waals surface area contributed by atoms with Crippen LogP contribution in [0.5, 0.6) is 5.75 Å². The van der Waals surface area contributed by atoms with Gasteiger partial charge in [0.25, 0.3) is 0 Å². The van der Waals surface area contributed by atoms with Crippen molar-refractivity contribution in [1.29, 1.82) is 0 Å². The molecular weight excluding hydrogens is 390 g/mol. The van der Waals surface area contributed by atoms with Gasteiger partial charge in [-0.05, 0) is 43.1 Å². The molecule has 2 N–H and O–H groups in total. The summed E-state index contributed by atoms with van der Waals surface area (Å²) in [5.41, 5.74) is 5.97. The molecule has 7 heteroatoms. The Kier molecular flexibility index (Phi) is 4.97. The largest absolute Gasteiger partial charge is 0.486 e. The van der Waals surface area contributed by atoms with Gasteiger partial charge in [0.1, 0.15) is 18.2 Å². The van der Waals surface area contributed by atoms with Gasteiger partial charge in [-0.25, -0.2) is 4.98 Å². The number of aryl methyl sites for hydroxylation is 1. The summed E-state index contributed by atoms with van der Waals surface area (Å²) in [5, 5.41) is 7.10. The molecule has 4 aliphatic rings. The third kappa shape index (κ3) is 3.54. The van der Waals surface area contributed by atoms with Crippen LogP contribution in [0.3, 0.4) is 0 Å². The van der Waals surface area contributed by atoms with Crippen LogP contribution in [-0.4, -0.2) is 68.4 Å². The number of benzene rings is 1. The van der Waals surface area contributed by atoms with Crippen molar-refractivity contribution in [1.82, 2.24) is 15.2 Å². The number of likely N-dealkylation sites (tertiary alicyclic amines) is 1. The highest BCUT2D eigenvalue weighted by Gasteiger charge is 2.35. The van der Waals surface area contributed by atoms with Gasteiger partial charge in [-0.1, -0.05) is 6.07 Å². The Labute approximate surface area is 183 Å². The number of hydrogen-bond acceptors (Lipinski definition) is 7. The van der Waals surface area contributed by atoms with Crippen LogP contribution in [-0.2, 0) is 11.3 Å². The number of rotatable bonds is 3. The highest BCUT2D eigenvalue weighted by molar-refractivity contribution is 5.74. The fraction of sp³-hybridized carbons (Fsp3) is 0.542. The molecule has 1 aromatic heterocycles. The third-order valence-corrected chi connectivity index (χ3v) is 7.23. The zero-order valence-electron chi connectivity index (χ0n) is 18.2. The minimum Gasteiger partial charge on any atom is -0.486 e. The molecule has 0 radical (unpaired) electrons. The first kappa shape index (κ1) is 19.3. The van der Waals surface area contributed by atoms with Crippen LogP contribution < -0.4 is 20.3 Å². The first-order valence-electron chi connectivity index (χ1n) is 11.6. The van der Waals surface area contributed by atoms with E-state index in [-0.39, 0.29) is 0 Å². The molecule has 1 atom stereocenters. The quantitative estimate of drug-likeness (QED) is 0.790. The lowest BCUT2D eigenvalue weighted by Crippen LogP contribution is -2.51. The lowest BCUT2D eigenvalue weighted by molar-refractivity contribution is 0.101. The second-order valence-corrected chi connectivity index (χ2v) is 9.18. The van der Waals surface area contributed by atoms with Crippen molar-refractivity contribution in [2.24, 2.45) is 0 Å². The molecule has 164 valence electrons. The highest BCUT2D eigenvalue weighted by atomic mass is 16.5. The Morgan fingerprint density at radius 1 is 1.16 bits per heavy atom. The summed E-state index contributed by atoms with van der Waals surface area (Å²) in [5.74, 6) is 2.46. The first-order valence-corrected chi connectivity index (χ1v) is 11.6. The number of aromatic nitrogens is 1. The lowest BCUT2D eigenvalue weighted by Gasteiger charge is -2.43. The molecule has 6 rings (SSSR count). The number of anilines is 3. The van der Waals surface area contributed by atoms with Crippen LogP contribution in [0.4, 0.5) is 17.2 Å². The van der Waals surface area contributed by atoms with E-state index < -0.39 is 0 Å². The molecule has 0 amide bonds. The predicted octanol–water partition coefficient (Wildman–Crippen LogP) is 2.62. The van der Waals surface area contributed by atoms with Gasteiger partial charge >= 0.3 is 0 Å². The number of nitrogens with one attached hydrogen (secondary N) is 2. The van der Waals surface area contributed by atoms with Gasteiger partial charge in [0, 0.05) is 56.6 Å². The molecule has 0 spiro atoms. The molecule has 31 heavy (non-hydrogen) atoms. The average Bonchev–Trinajstić information content (AvgIpc) is 3.20. The normalized spacial score (nSPS) is 23.9. The van der Waals surface area contributed by atoms with E-state index in [9.17, 15) is 0 Å². The van der Waals surface area contributed by atoms with Crippen LogP contribution in [0, 0.1) is 6.92 Å². The number of nitrogens with zero attached hydrogens (tertiary/aromatic N) is 3. The van der Waals surface area contributed by atoms with Crippen molar-refractivity contribution in [2.75, 3.05) is 62.7 Å². The minimum absolute atomic E-state index is 0.530. The molecule has 0 bridgehead atoms. The molecule has 2 aromatic rings. The molecule has 0 saturated carbocycles. The fourth-order valence-electron chi connectivity index (χ4n) is 5.40. The SMILES string of the molecule is Cc1cc(C2CN([C@@H]3CCNC3)C2)cc2c1OCc1c(N3CCOCC3)ccnc1N2. The molecular formula is C24H31N5O2. The van der Waals surface area contributed by atoms with Crippen molar-refractivity contribution in [3.05, 3.63) is 41.1 Å². The standard InChI is InChI=1S/C24H31N5O2/c1-16-10-17(18-13-29(14-18)19-2-4-25-12-19)11-21-23(16)31-15-20-22(3-5-26-24(20)27-21)28-6-8-30-9-7-28/h3,5,10-11,18-19,25H,2,4,6-9,12-15H2,1H3,(H,26,27)/t19-/m1/s1. The third-order valence-electron chi connectivity index (χ3n) is 7.23. The van der Waals surface area contributed by atoms with E-state index in [1.54, 1.807) is 0 Å². The zero-order valence-corrected chi connectivity index (χ0v) is 18.2. The van der Waals surface area contributed by atoms with Gasteiger partial charge in [0.15, 0.2) is 0 Å². The van der Waals surface area contributed by atoms with E-state index in [2.05, 4.69) is 50.5 Å². The van der Waals surface area contributed by atoms with E-state index in [0.717, 1.165) is 75.3 Å². The smallest absolute Gasteiger partial charge is 0.146 e. The Bertz CT molecular complexity index is 963. The van der Waals surface area contributed by atoms with Gasteiger partial charge in [-0.2, -0.15) is 0 Å². The Balaban J connectivity index is 1.25. The number of morpholine rings is 1. The van der Waals surface area contributed by atoms with Crippen LogP contribution >= 0.6 is 0 Å². The Hall–Kier alpha value is -2.35. The van der Waals surface area contributed by atoms with E-state index in [1.165, 1.54) is 23.2 Å². The van der Waals surface area contributed by atoms with Gasteiger partial charge in [-0.15, -0.1) is 0 Å². The summed E-state index contributed by atoms with van der Waals surface area (Å²) in [6.07, 6.45) is 3.18. The van der Waals surface area contributed by atoms with Crippen molar-refractivity contribution in [3.63, 3.8) is 0 Å². The molecule has 0 aliphatic carbocycles. The second kappa shape index (κ2) is 7.97. The summed E-state index contributed by atoms with van der Waals surface area (Å²) in [6, 6.07) is 7.43. The summed E-state index contributed by atoms with van der Waals surface area (Å²) in [6.45, 7) is 10.6. The molecule has 7 nitrogen and oxygen atoms in total. The van der Waals surface area contributed by atoms with Crippen molar-refractivity contribution in [3.8, 4) is 5.75 Å². The van der Waals surface area contributed by atoms with Crippen LogP contribution in [0.1, 0.15) is 29.0 Å². The maximum atomic E-state index is 6.35. The summed E-state index contributed by atoms with van der Waals surface area (Å²) in [4.78, 5) is 9.68.